The molecule has 2 N–H and O–H groups in total. The highest BCUT2D eigenvalue weighted by Gasteiger charge is 2.35. The van der Waals surface area contributed by atoms with Crippen molar-refractivity contribution < 1.29 is 9.59 Å². The van der Waals surface area contributed by atoms with Crippen molar-refractivity contribution in [2.45, 2.75) is 25.9 Å². The van der Waals surface area contributed by atoms with E-state index in [1.54, 1.807) is 0 Å². The van der Waals surface area contributed by atoms with Crippen LogP contribution in [0.3, 0.4) is 0 Å². The highest BCUT2D eigenvalue weighted by atomic mass is 32.1. The number of carbonyl (C=O) groups excluding carboxylic acids is 2. The van der Waals surface area contributed by atoms with Crippen LogP contribution in [-0.4, -0.2) is 40.8 Å². The molecule has 0 bridgehead atoms. The Morgan fingerprint density at radius 2 is 2.33 bits per heavy atom. The van der Waals surface area contributed by atoms with Gasteiger partial charge in [-0.05, 0) is 13.5 Å². The number of nitrogens with one attached hydrogen (secondary N) is 2. The second-order valence-electron chi connectivity index (χ2n) is 4.93. The molecule has 3 rings (SSSR count). The molecule has 112 valence electrons. The van der Waals surface area contributed by atoms with E-state index >= 15 is 0 Å². The van der Waals surface area contributed by atoms with E-state index in [1.807, 2.05) is 34.8 Å². The van der Waals surface area contributed by atoms with Crippen molar-refractivity contribution in [1.29, 1.82) is 0 Å². The van der Waals surface area contributed by atoms with Gasteiger partial charge >= 0.3 is 0 Å². The first kappa shape index (κ1) is 14.0. The van der Waals surface area contributed by atoms with Crippen molar-refractivity contribution in [2.24, 2.45) is 0 Å². The molecule has 0 aromatic carbocycles. The summed E-state index contributed by atoms with van der Waals surface area (Å²) in [7, 11) is 1.86. The molecular weight excluding hydrogens is 290 g/mol. The lowest BCUT2D eigenvalue weighted by molar-refractivity contribution is -0.132. The van der Waals surface area contributed by atoms with Gasteiger partial charge in [0.1, 0.15) is 6.04 Å². The molecule has 7 nitrogen and oxygen atoms in total. The van der Waals surface area contributed by atoms with Gasteiger partial charge in [-0.2, -0.15) is 0 Å². The molecule has 0 spiro atoms. The minimum Gasteiger partial charge on any atom is -0.334 e. The molecule has 0 aliphatic carbocycles. The second kappa shape index (κ2) is 5.45. The smallest absolute Gasteiger partial charge is 0.249 e. The molecule has 0 saturated carbocycles. The number of anilines is 1. The maximum atomic E-state index is 12.0. The van der Waals surface area contributed by atoms with Crippen LogP contribution >= 0.6 is 11.3 Å². The van der Waals surface area contributed by atoms with Crippen LogP contribution in [0.5, 0.6) is 0 Å². The Kier molecular flexibility index (Phi) is 3.64. The third kappa shape index (κ3) is 2.30. The van der Waals surface area contributed by atoms with Gasteiger partial charge in [-0.3, -0.25) is 19.3 Å². The van der Waals surface area contributed by atoms with Crippen molar-refractivity contribution in [3.05, 3.63) is 17.3 Å². The van der Waals surface area contributed by atoms with Gasteiger partial charge in [0.2, 0.25) is 11.8 Å². The molecule has 8 heteroatoms. The van der Waals surface area contributed by atoms with E-state index in [2.05, 4.69) is 15.6 Å². The molecule has 1 aliphatic rings. The predicted octanol–water partition coefficient (Wildman–Crippen LogP) is 0.357. The minimum absolute atomic E-state index is 0.159. The quantitative estimate of drug-likeness (QED) is 0.797. The number of rotatable bonds is 4. The fourth-order valence-electron chi connectivity index (χ4n) is 2.68. The maximum absolute atomic E-state index is 12.0. The summed E-state index contributed by atoms with van der Waals surface area (Å²) in [6.45, 7) is 2.71. The van der Waals surface area contributed by atoms with Crippen molar-refractivity contribution in [3.63, 3.8) is 0 Å². The number of amides is 2. The van der Waals surface area contributed by atoms with Gasteiger partial charge in [0.25, 0.3) is 0 Å². The number of fused-ring (bicyclic) bond motifs is 1. The molecule has 1 saturated heterocycles. The zero-order chi connectivity index (χ0) is 15.0. The van der Waals surface area contributed by atoms with Gasteiger partial charge in [-0.1, -0.05) is 6.92 Å². The molecule has 2 aromatic rings. The first-order valence-corrected chi connectivity index (χ1v) is 7.73. The molecule has 2 amide bonds. The summed E-state index contributed by atoms with van der Waals surface area (Å²) in [6, 6.07) is -0.358. The van der Waals surface area contributed by atoms with Gasteiger partial charge in [0, 0.05) is 18.1 Å². The highest BCUT2D eigenvalue weighted by molar-refractivity contribution is 7.15. The monoisotopic (exact) mass is 307 g/mol. The number of hydrogen-bond acceptors (Lipinski definition) is 6. The fraction of sp³-hybridized carbons (Fsp3) is 0.462. The summed E-state index contributed by atoms with van der Waals surface area (Å²) in [6.07, 6.45) is 2.58. The van der Waals surface area contributed by atoms with Gasteiger partial charge in [-0.15, -0.1) is 11.3 Å². The van der Waals surface area contributed by atoms with E-state index in [-0.39, 0.29) is 24.4 Å². The standard InChI is InChI=1S/C13H17N5O2S/c1-3-8-12(20)15-10(19)7-18(8)11-9(6-14-2)17-4-5-21-13(17)16-11/h4-5,8,14H,3,6-7H2,1-2H3,(H,15,19,20). The number of carbonyl (C=O) groups is 2. The predicted molar refractivity (Wildman–Crippen MR) is 80.4 cm³/mol. The fourth-order valence-corrected chi connectivity index (χ4v) is 3.41. The Morgan fingerprint density at radius 3 is 3.05 bits per heavy atom. The van der Waals surface area contributed by atoms with Crippen molar-refractivity contribution in [2.75, 3.05) is 18.5 Å². The van der Waals surface area contributed by atoms with Crippen LogP contribution in [0.4, 0.5) is 5.82 Å². The van der Waals surface area contributed by atoms with Gasteiger partial charge in [-0.25, -0.2) is 4.98 Å². The van der Waals surface area contributed by atoms with Gasteiger partial charge in [0.05, 0.1) is 12.2 Å². The number of hydrogen-bond donors (Lipinski definition) is 2. The van der Waals surface area contributed by atoms with E-state index in [1.165, 1.54) is 11.3 Å². The second-order valence-corrected chi connectivity index (χ2v) is 5.81. The molecule has 3 heterocycles. The van der Waals surface area contributed by atoms with Crippen LogP contribution in [0.2, 0.25) is 0 Å². The van der Waals surface area contributed by atoms with Crippen molar-refractivity contribution in [3.8, 4) is 0 Å². The van der Waals surface area contributed by atoms with Crippen LogP contribution < -0.4 is 15.5 Å². The molecule has 2 aromatic heterocycles. The lowest BCUT2D eigenvalue weighted by atomic mass is 10.1. The number of aromatic nitrogens is 2. The van der Waals surface area contributed by atoms with Crippen LogP contribution in [0.1, 0.15) is 19.0 Å². The Balaban J connectivity index is 2.08. The number of thiazole rings is 1. The number of imidazole rings is 1. The molecule has 21 heavy (non-hydrogen) atoms. The first-order valence-electron chi connectivity index (χ1n) is 6.85. The molecule has 1 aliphatic heterocycles. The van der Waals surface area contributed by atoms with Crippen molar-refractivity contribution >= 4 is 33.9 Å². The van der Waals surface area contributed by atoms with Crippen LogP contribution in [0, 0.1) is 0 Å². The lowest BCUT2D eigenvalue weighted by Crippen LogP contribution is -2.58. The zero-order valence-electron chi connectivity index (χ0n) is 11.9. The largest absolute Gasteiger partial charge is 0.334 e. The molecule has 1 atom stereocenters. The third-order valence-electron chi connectivity index (χ3n) is 3.60. The maximum Gasteiger partial charge on any atom is 0.249 e. The Bertz CT molecular complexity index is 692. The van der Waals surface area contributed by atoms with Crippen LogP contribution in [0.15, 0.2) is 11.6 Å². The minimum atomic E-state index is -0.358. The van der Waals surface area contributed by atoms with E-state index < -0.39 is 0 Å². The molecule has 1 unspecified atom stereocenters. The highest BCUT2D eigenvalue weighted by Crippen LogP contribution is 2.27. The summed E-state index contributed by atoms with van der Waals surface area (Å²) >= 11 is 1.53. The molecule has 0 radical (unpaired) electrons. The Hall–Kier alpha value is -1.93. The SMILES string of the molecule is CCC1C(=O)NC(=O)CN1c1nc2sccn2c1CNC. The van der Waals surface area contributed by atoms with Gasteiger partial charge < -0.3 is 10.2 Å². The van der Waals surface area contributed by atoms with E-state index in [4.69, 9.17) is 0 Å². The van der Waals surface area contributed by atoms with E-state index in [0.717, 1.165) is 10.7 Å². The van der Waals surface area contributed by atoms with Crippen LogP contribution in [0.25, 0.3) is 4.96 Å². The summed E-state index contributed by atoms with van der Waals surface area (Å²) in [5.74, 6) is 0.184. The number of nitrogens with zero attached hydrogens (tertiary/aromatic N) is 3. The lowest BCUT2D eigenvalue weighted by Gasteiger charge is -2.34. The van der Waals surface area contributed by atoms with E-state index in [0.29, 0.717) is 18.8 Å². The molecular formula is C13H17N5O2S. The zero-order valence-corrected chi connectivity index (χ0v) is 12.7. The summed E-state index contributed by atoms with van der Waals surface area (Å²) < 4.78 is 2.00. The summed E-state index contributed by atoms with van der Waals surface area (Å²) in [5.41, 5.74) is 0.967. The average molecular weight is 307 g/mol. The first-order chi connectivity index (χ1) is 10.2. The summed E-state index contributed by atoms with van der Waals surface area (Å²) in [5, 5.41) is 7.48. The molecule has 1 fully saturated rings. The Labute approximate surface area is 126 Å². The van der Waals surface area contributed by atoms with Crippen LogP contribution in [-0.2, 0) is 16.1 Å². The van der Waals surface area contributed by atoms with Crippen molar-refractivity contribution in [1.82, 2.24) is 20.0 Å². The van der Waals surface area contributed by atoms with Gasteiger partial charge in [0.15, 0.2) is 10.8 Å². The normalized spacial score (nSPS) is 19.3. The summed E-state index contributed by atoms with van der Waals surface area (Å²) in [4.78, 5) is 31.0. The topological polar surface area (TPSA) is 78.7 Å². The van der Waals surface area contributed by atoms with E-state index in [9.17, 15) is 9.59 Å². The number of piperazine rings is 1. The number of imide groups is 1. The third-order valence-corrected chi connectivity index (χ3v) is 4.35. The Morgan fingerprint density at radius 1 is 1.52 bits per heavy atom. The average Bonchev–Trinajstić information content (AvgIpc) is 3.01.